The van der Waals surface area contributed by atoms with Gasteiger partial charge >= 0.3 is 0 Å². The van der Waals surface area contributed by atoms with Gasteiger partial charge in [0.1, 0.15) is 11.6 Å². The number of hydrogen-bond acceptors (Lipinski definition) is 3. The van der Waals surface area contributed by atoms with Gasteiger partial charge in [-0.15, -0.1) is 0 Å². The number of hydrogen-bond donors (Lipinski definition) is 0. The smallest absolute Gasteiger partial charge is 0.214 e. The lowest BCUT2D eigenvalue weighted by molar-refractivity contribution is 0.389. The second kappa shape index (κ2) is 4.62. The Hall–Kier alpha value is -1.14. The number of halogens is 1. The normalized spacial score (nSPS) is 19.4. The van der Waals surface area contributed by atoms with Crippen molar-refractivity contribution in [2.45, 2.75) is 13.0 Å². The summed E-state index contributed by atoms with van der Waals surface area (Å²) in [6.45, 7) is 0.658. The Balaban J connectivity index is 2.26. The number of rotatable bonds is 3. The first-order valence-electron chi connectivity index (χ1n) is 5.33. The Kier molecular flexibility index (Phi) is 3.35. The summed E-state index contributed by atoms with van der Waals surface area (Å²) in [5.41, 5.74) is 0.554. The van der Waals surface area contributed by atoms with Crippen LogP contribution in [-0.4, -0.2) is 32.1 Å². The third-order valence-electron chi connectivity index (χ3n) is 2.79. The van der Waals surface area contributed by atoms with E-state index in [1.165, 1.54) is 29.6 Å². The fourth-order valence-electron chi connectivity index (χ4n) is 1.93. The molecule has 0 N–H and O–H groups in total. The van der Waals surface area contributed by atoms with Crippen LogP contribution in [-0.2, 0) is 16.6 Å². The first kappa shape index (κ1) is 12.3. The van der Waals surface area contributed by atoms with Crippen LogP contribution >= 0.6 is 0 Å². The molecule has 6 heteroatoms. The zero-order valence-corrected chi connectivity index (χ0v) is 10.3. The van der Waals surface area contributed by atoms with Crippen LogP contribution in [0, 0.1) is 5.82 Å². The minimum atomic E-state index is -3.17. The molecule has 0 saturated carbocycles. The van der Waals surface area contributed by atoms with Crippen LogP contribution in [0.3, 0.4) is 0 Å². The summed E-state index contributed by atoms with van der Waals surface area (Å²) in [5.74, 6) is 0.288. The minimum Gasteiger partial charge on any atom is -0.496 e. The van der Waals surface area contributed by atoms with Crippen LogP contribution in [0.1, 0.15) is 12.0 Å². The fourth-order valence-corrected chi connectivity index (χ4v) is 3.42. The second-order valence-electron chi connectivity index (χ2n) is 3.96. The molecule has 1 aromatic rings. The highest BCUT2D eigenvalue weighted by Crippen LogP contribution is 2.24. The minimum absolute atomic E-state index is 0.170. The Morgan fingerprint density at radius 1 is 1.47 bits per heavy atom. The molecule has 0 amide bonds. The van der Waals surface area contributed by atoms with Gasteiger partial charge < -0.3 is 4.74 Å². The average molecular weight is 259 g/mol. The lowest BCUT2D eigenvalue weighted by atomic mass is 10.2. The van der Waals surface area contributed by atoms with E-state index in [1.54, 1.807) is 0 Å². The van der Waals surface area contributed by atoms with E-state index in [2.05, 4.69) is 0 Å². The van der Waals surface area contributed by atoms with Gasteiger partial charge in [-0.25, -0.2) is 12.8 Å². The van der Waals surface area contributed by atoms with Gasteiger partial charge in [0.2, 0.25) is 10.0 Å². The van der Waals surface area contributed by atoms with E-state index in [-0.39, 0.29) is 12.3 Å². The van der Waals surface area contributed by atoms with E-state index in [4.69, 9.17) is 4.74 Å². The van der Waals surface area contributed by atoms with E-state index in [1.807, 2.05) is 0 Å². The largest absolute Gasteiger partial charge is 0.496 e. The maximum Gasteiger partial charge on any atom is 0.214 e. The molecule has 0 bridgehead atoms. The first-order valence-corrected chi connectivity index (χ1v) is 6.94. The molecule has 1 aromatic carbocycles. The third kappa shape index (κ3) is 2.58. The maximum atomic E-state index is 13.1. The van der Waals surface area contributed by atoms with Crippen LogP contribution in [0.25, 0.3) is 0 Å². The van der Waals surface area contributed by atoms with Crippen molar-refractivity contribution in [1.82, 2.24) is 4.31 Å². The van der Waals surface area contributed by atoms with Gasteiger partial charge in [0.15, 0.2) is 0 Å². The van der Waals surface area contributed by atoms with Crippen LogP contribution in [0.2, 0.25) is 0 Å². The highest BCUT2D eigenvalue weighted by Gasteiger charge is 2.28. The van der Waals surface area contributed by atoms with Gasteiger partial charge in [0.25, 0.3) is 0 Å². The fraction of sp³-hybridized carbons (Fsp3) is 0.455. The predicted molar refractivity (Wildman–Crippen MR) is 61.8 cm³/mol. The molecule has 1 saturated heterocycles. The van der Waals surface area contributed by atoms with Gasteiger partial charge in [-0.05, 0) is 24.6 Å². The predicted octanol–water partition coefficient (Wildman–Crippen LogP) is 1.37. The van der Waals surface area contributed by atoms with Gasteiger partial charge in [-0.1, -0.05) is 0 Å². The topological polar surface area (TPSA) is 46.6 Å². The van der Waals surface area contributed by atoms with Crippen molar-refractivity contribution >= 4 is 10.0 Å². The van der Waals surface area contributed by atoms with Gasteiger partial charge in [0.05, 0.1) is 12.9 Å². The molecule has 0 unspecified atom stereocenters. The maximum absolute atomic E-state index is 13.1. The van der Waals surface area contributed by atoms with Crippen molar-refractivity contribution < 1.29 is 17.5 Å². The number of ether oxygens (including phenoxy) is 1. The Morgan fingerprint density at radius 3 is 2.82 bits per heavy atom. The summed E-state index contributed by atoms with van der Waals surface area (Å²) in [5, 5.41) is 0. The molecule has 4 nitrogen and oxygen atoms in total. The summed E-state index contributed by atoms with van der Waals surface area (Å²) in [6, 6.07) is 4.11. The van der Waals surface area contributed by atoms with Crippen molar-refractivity contribution in [2.75, 3.05) is 19.4 Å². The molecule has 94 valence electrons. The Labute approximate surface area is 100 Å². The Bertz CT molecular complexity index is 515. The third-order valence-corrected chi connectivity index (χ3v) is 4.70. The van der Waals surface area contributed by atoms with Crippen LogP contribution in [0.5, 0.6) is 5.75 Å². The zero-order chi connectivity index (χ0) is 12.5. The highest BCUT2D eigenvalue weighted by molar-refractivity contribution is 7.89. The number of benzene rings is 1. The van der Waals surface area contributed by atoms with E-state index in [0.29, 0.717) is 24.3 Å². The van der Waals surface area contributed by atoms with Crippen LogP contribution in [0.4, 0.5) is 4.39 Å². The Morgan fingerprint density at radius 2 is 2.24 bits per heavy atom. The van der Waals surface area contributed by atoms with Crippen molar-refractivity contribution in [3.05, 3.63) is 29.6 Å². The summed E-state index contributed by atoms with van der Waals surface area (Å²) in [4.78, 5) is 0. The molecule has 0 aliphatic carbocycles. The van der Waals surface area contributed by atoms with E-state index in [9.17, 15) is 12.8 Å². The van der Waals surface area contributed by atoms with Crippen molar-refractivity contribution in [2.24, 2.45) is 0 Å². The molecule has 0 aromatic heterocycles. The second-order valence-corrected chi connectivity index (χ2v) is 6.05. The molecule has 1 aliphatic heterocycles. The van der Waals surface area contributed by atoms with Crippen LogP contribution in [0.15, 0.2) is 18.2 Å². The average Bonchev–Trinajstić information content (AvgIpc) is 2.59. The van der Waals surface area contributed by atoms with Gasteiger partial charge in [-0.3, -0.25) is 0 Å². The van der Waals surface area contributed by atoms with E-state index >= 15 is 0 Å². The monoisotopic (exact) mass is 259 g/mol. The molecule has 0 atom stereocenters. The van der Waals surface area contributed by atoms with Crippen molar-refractivity contribution in [1.29, 1.82) is 0 Å². The summed E-state index contributed by atoms with van der Waals surface area (Å²) in [7, 11) is -1.69. The standard InChI is InChI=1S/C11H14FNO3S/c1-16-11-4-3-10(12)7-9(11)8-13-5-2-6-17(13,14)15/h3-4,7H,2,5-6,8H2,1H3. The molecule has 0 spiro atoms. The summed E-state index contributed by atoms with van der Waals surface area (Å²) in [6.07, 6.45) is 0.625. The van der Waals surface area contributed by atoms with Gasteiger partial charge in [-0.2, -0.15) is 4.31 Å². The van der Waals surface area contributed by atoms with Crippen molar-refractivity contribution in [3.8, 4) is 5.75 Å². The molecular weight excluding hydrogens is 245 g/mol. The first-order chi connectivity index (χ1) is 8.03. The highest BCUT2D eigenvalue weighted by atomic mass is 32.2. The lowest BCUT2D eigenvalue weighted by Crippen LogP contribution is -2.25. The molecule has 1 heterocycles. The quantitative estimate of drug-likeness (QED) is 0.823. The van der Waals surface area contributed by atoms with Crippen molar-refractivity contribution in [3.63, 3.8) is 0 Å². The zero-order valence-electron chi connectivity index (χ0n) is 9.52. The van der Waals surface area contributed by atoms with E-state index < -0.39 is 15.8 Å². The number of methoxy groups -OCH3 is 1. The number of nitrogens with zero attached hydrogens (tertiary/aromatic N) is 1. The molecule has 1 aliphatic rings. The lowest BCUT2D eigenvalue weighted by Gasteiger charge is -2.16. The SMILES string of the molecule is COc1ccc(F)cc1CN1CCCS1(=O)=O. The molecule has 0 radical (unpaired) electrons. The number of sulfonamides is 1. The van der Waals surface area contributed by atoms with Gasteiger partial charge in [0, 0.05) is 18.7 Å². The summed E-state index contributed by atoms with van der Waals surface area (Å²) >= 11 is 0. The van der Waals surface area contributed by atoms with E-state index in [0.717, 1.165) is 0 Å². The van der Waals surface area contributed by atoms with Crippen LogP contribution < -0.4 is 4.74 Å². The molecule has 2 rings (SSSR count). The molecule has 1 fully saturated rings. The molecular formula is C11H14FNO3S. The summed E-state index contributed by atoms with van der Waals surface area (Å²) < 4.78 is 42.9. The molecule has 17 heavy (non-hydrogen) atoms.